The lowest BCUT2D eigenvalue weighted by atomic mass is 10.0. The molecule has 2 N–H and O–H groups in total. The number of nitrogens with one attached hydrogen (secondary N) is 2. The molecule has 1 aromatic carbocycles. The van der Waals surface area contributed by atoms with Gasteiger partial charge in [-0.15, -0.1) is 0 Å². The second-order valence-electron chi connectivity index (χ2n) is 6.41. The number of ether oxygens (including phenoxy) is 1. The lowest BCUT2D eigenvalue weighted by Crippen LogP contribution is -2.39. The number of likely N-dealkylation sites (tertiary alicyclic amines) is 1. The Bertz CT molecular complexity index is 560. The number of urea groups is 1. The second kappa shape index (κ2) is 10.0. The van der Waals surface area contributed by atoms with E-state index in [-0.39, 0.29) is 12.0 Å². The maximum Gasteiger partial charge on any atom is 0.338 e. The van der Waals surface area contributed by atoms with Crippen molar-refractivity contribution in [2.45, 2.75) is 45.6 Å². The standard InChI is InChI=1S/C19H29N3O3/c1-3-25-18(23)16-8-10-17(11-9-16)21-19(24)20-12-6-14-22-13-5-4-7-15(22)2/h8-11,15H,3-7,12-14H2,1-2H3,(H2,20,21,24). The van der Waals surface area contributed by atoms with Crippen LogP contribution in [0, 0.1) is 0 Å². The fourth-order valence-electron chi connectivity index (χ4n) is 3.05. The van der Waals surface area contributed by atoms with Crippen LogP contribution in [0.4, 0.5) is 10.5 Å². The summed E-state index contributed by atoms with van der Waals surface area (Å²) in [4.78, 5) is 26.0. The van der Waals surface area contributed by atoms with E-state index >= 15 is 0 Å². The Morgan fingerprint density at radius 2 is 2.00 bits per heavy atom. The summed E-state index contributed by atoms with van der Waals surface area (Å²) in [5.41, 5.74) is 1.12. The van der Waals surface area contributed by atoms with Gasteiger partial charge in [-0.3, -0.25) is 0 Å². The second-order valence-corrected chi connectivity index (χ2v) is 6.41. The van der Waals surface area contributed by atoms with Crippen molar-refractivity contribution in [3.63, 3.8) is 0 Å². The number of esters is 1. The lowest BCUT2D eigenvalue weighted by molar-refractivity contribution is 0.0526. The van der Waals surface area contributed by atoms with E-state index in [4.69, 9.17) is 4.74 Å². The number of benzene rings is 1. The van der Waals surface area contributed by atoms with Crippen LogP contribution in [0.3, 0.4) is 0 Å². The van der Waals surface area contributed by atoms with E-state index in [1.54, 1.807) is 31.2 Å². The molecule has 1 aliphatic rings. The SMILES string of the molecule is CCOC(=O)c1ccc(NC(=O)NCCCN2CCCCC2C)cc1. The van der Waals surface area contributed by atoms with Crippen LogP contribution in [0.15, 0.2) is 24.3 Å². The van der Waals surface area contributed by atoms with Gasteiger partial charge in [-0.1, -0.05) is 6.42 Å². The van der Waals surface area contributed by atoms with Crippen molar-refractivity contribution in [1.29, 1.82) is 0 Å². The molecule has 1 heterocycles. The van der Waals surface area contributed by atoms with Gasteiger partial charge < -0.3 is 20.3 Å². The molecule has 6 heteroatoms. The fraction of sp³-hybridized carbons (Fsp3) is 0.579. The first-order valence-electron chi connectivity index (χ1n) is 9.16. The van der Waals surface area contributed by atoms with Gasteiger partial charge in [0.1, 0.15) is 0 Å². The van der Waals surface area contributed by atoms with Crippen molar-refractivity contribution in [1.82, 2.24) is 10.2 Å². The zero-order valence-electron chi connectivity index (χ0n) is 15.2. The molecule has 1 saturated heterocycles. The van der Waals surface area contributed by atoms with Crippen LogP contribution in [0.1, 0.15) is 49.9 Å². The number of carbonyl (C=O) groups excluding carboxylic acids is 2. The van der Waals surface area contributed by atoms with E-state index in [0.717, 1.165) is 13.0 Å². The average molecular weight is 347 g/mol. The Morgan fingerprint density at radius 1 is 1.24 bits per heavy atom. The molecule has 0 saturated carbocycles. The average Bonchev–Trinajstić information content (AvgIpc) is 2.61. The summed E-state index contributed by atoms with van der Waals surface area (Å²) >= 11 is 0. The zero-order chi connectivity index (χ0) is 18.1. The van der Waals surface area contributed by atoms with Crippen molar-refractivity contribution in [2.24, 2.45) is 0 Å². The Morgan fingerprint density at radius 3 is 2.68 bits per heavy atom. The number of nitrogens with zero attached hydrogens (tertiary/aromatic N) is 1. The van der Waals surface area contributed by atoms with Crippen molar-refractivity contribution < 1.29 is 14.3 Å². The number of amides is 2. The molecule has 1 aromatic rings. The van der Waals surface area contributed by atoms with Crippen LogP contribution >= 0.6 is 0 Å². The van der Waals surface area contributed by atoms with Crippen LogP contribution in [-0.2, 0) is 4.74 Å². The normalized spacial score (nSPS) is 17.8. The molecule has 6 nitrogen and oxygen atoms in total. The number of piperidine rings is 1. The van der Waals surface area contributed by atoms with Crippen molar-refractivity contribution >= 4 is 17.7 Å². The molecule has 0 aliphatic carbocycles. The lowest BCUT2D eigenvalue weighted by Gasteiger charge is -2.33. The summed E-state index contributed by atoms with van der Waals surface area (Å²) in [5, 5.41) is 5.65. The molecule has 0 bridgehead atoms. The van der Waals surface area contributed by atoms with Crippen LogP contribution in [0.25, 0.3) is 0 Å². The quantitative estimate of drug-likeness (QED) is 0.587. The van der Waals surface area contributed by atoms with Gasteiger partial charge in [0, 0.05) is 24.8 Å². The molecule has 1 fully saturated rings. The molecule has 1 unspecified atom stereocenters. The molecule has 1 atom stereocenters. The predicted octanol–water partition coefficient (Wildman–Crippen LogP) is 3.25. The summed E-state index contributed by atoms with van der Waals surface area (Å²) in [6.45, 7) is 7.23. The molecule has 25 heavy (non-hydrogen) atoms. The number of hydrogen-bond donors (Lipinski definition) is 2. The van der Waals surface area contributed by atoms with E-state index < -0.39 is 0 Å². The Balaban J connectivity index is 1.67. The number of hydrogen-bond acceptors (Lipinski definition) is 4. The highest BCUT2D eigenvalue weighted by Crippen LogP contribution is 2.16. The number of anilines is 1. The molecule has 0 radical (unpaired) electrons. The molecular formula is C19H29N3O3. The van der Waals surface area contributed by atoms with E-state index in [1.165, 1.54) is 25.8 Å². The topological polar surface area (TPSA) is 70.7 Å². The Labute approximate surface area is 149 Å². The van der Waals surface area contributed by atoms with Crippen LogP contribution in [-0.4, -0.2) is 49.2 Å². The van der Waals surface area contributed by atoms with Crippen molar-refractivity contribution in [3.05, 3.63) is 29.8 Å². The Hall–Kier alpha value is -2.08. The van der Waals surface area contributed by atoms with E-state index in [2.05, 4.69) is 22.5 Å². The summed E-state index contributed by atoms with van der Waals surface area (Å²) in [6.07, 6.45) is 4.82. The first kappa shape index (κ1) is 19.2. The van der Waals surface area contributed by atoms with Gasteiger partial charge >= 0.3 is 12.0 Å². The van der Waals surface area contributed by atoms with Crippen molar-refractivity contribution in [2.75, 3.05) is 31.6 Å². The molecule has 0 spiro atoms. The zero-order valence-corrected chi connectivity index (χ0v) is 15.2. The molecule has 2 rings (SSSR count). The maximum absolute atomic E-state index is 11.9. The maximum atomic E-state index is 11.9. The largest absolute Gasteiger partial charge is 0.462 e. The monoisotopic (exact) mass is 347 g/mol. The van der Waals surface area contributed by atoms with Gasteiger partial charge in [-0.05, 0) is 63.9 Å². The highest BCUT2D eigenvalue weighted by molar-refractivity contribution is 5.92. The third-order valence-electron chi connectivity index (χ3n) is 4.50. The minimum atomic E-state index is -0.356. The van der Waals surface area contributed by atoms with Crippen molar-refractivity contribution in [3.8, 4) is 0 Å². The number of rotatable bonds is 7. The predicted molar refractivity (Wildman–Crippen MR) is 98.9 cm³/mol. The van der Waals surface area contributed by atoms with Crippen LogP contribution in [0.2, 0.25) is 0 Å². The summed E-state index contributed by atoms with van der Waals surface area (Å²) in [5.74, 6) is -0.356. The first-order valence-corrected chi connectivity index (χ1v) is 9.16. The van der Waals surface area contributed by atoms with Gasteiger partial charge in [0.15, 0.2) is 0 Å². The smallest absolute Gasteiger partial charge is 0.338 e. The third kappa shape index (κ3) is 6.38. The number of carbonyl (C=O) groups is 2. The highest BCUT2D eigenvalue weighted by Gasteiger charge is 2.17. The molecule has 1 aliphatic heterocycles. The molecule has 138 valence electrons. The highest BCUT2D eigenvalue weighted by atomic mass is 16.5. The van der Waals surface area contributed by atoms with Crippen LogP contribution < -0.4 is 10.6 Å². The third-order valence-corrected chi connectivity index (χ3v) is 4.50. The first-order chi connectivity index (χ1) is 12.1. The molecule has 2 amide bonds. The van der Waals surface area contributed by atoms with Gasteiger partial charge in [-0.2, -0.15) is 0 Å². The van der Waals surface area contributed by atoms with E-state index in [9.17, 15) is 9.59 Å². The molecular weight excluding hydrogens is 318 g/mol. The van der Waals surface area contributed by atoms with E-state index in [0.29, 0.717) is 30.4 Å². The molecule has 0 aromatic heterocycles. The minimum Gasteiger partial charge on any atom is -0.462 e. The minimum absolute atomic E-state index is 0.226. The summed E-state index contributed by atoms with van der Waals surface area (Å²) in [7, 11) is 0. The van der Waals surface area contributed by atoms with Gasteiger partial charge in [0.05, 0.1) is 12.2 Å². The fourth-order valence-corrected chi connectivity index (χ4v) is 3.05. The summed E-state index contributed by atoms with van der Waals surface area (Å²) < 4.78 is 4.93. The van der Waals surface area contributed by atoms with Gasteiger partial charge in [-0.25, -0.2) is 9.59 Å². The Kier molecular flexibility index (Phi) is 7.73. The van der Waals surface area contributed by atoms with Gasteiger partial charge in [0.25, 0.3) is 0 Å². The van der Waals surface area contributed by atoms with E-state index in [1.807, 2.05) is 0 Å². The summed E-state index contributed by atoms with van der Waals surface area (Å²) in [6, 6.07) is 7.11. The van der Waals surface area contributed by atoms with Gasteiger partial charge in [0.2, 0.25) is 0 Å². The van der Waals surface area contributed by atoms with Crippen LogP contribution in [0.5, 0.6) is 0 Å².